The number of thioether (sulfide) groups is 1. The molecule has 1 saturated carbocycles. The van der Waals surface area contributed by atoms with E-state index in [0.717, 1.165) is 10.9 Å². The van der Waals surface area contributed by atoms with E-state index in [1.165, 1.54) is 49.6 Å². The van der Waals surface area contributed by atoms with Crippen LogP contribution >= 0.6 is 11.8 Å². The zero-order chi connectivity index (χ0) is 18.9. The molecule has 3 rings (SSSR count). The van der Waals surface area contributed by atoms with Crippen LogP contribution in [0, 0.1) is 13.8 Å². The van der Waals surface area contributed by atoms with Crippen LogP contribution in [0.3, 0.4) is 0 Å². The number of hydrogen-bond acceptors (Lipinski definition) is 5. The molecular formula is C18H29N3O3S2. The minimum Gasteiger partial charge on any atom is -0.351 e. The molecule has 2 heterocycles. The number of aryl methyl sites for hydroxylation is 1. The van der Waals surface area contributed by atoms with Crippen molar-refractivity contribution in [1.29, 1.82) is 0 Å². The second kappa shape index (κ2) is 7.92. The lowest BCUT2D eigenvalue weighted by Gasteiger charge is -2.26. The summed E-state index contributed by atoms with van der Waals surface area (Å²) in [5.74, 6) is 0.125. The van der Waals surface area contributed by atoms with Gasteiger partial charge >= 0.3 is 0 Å². The van der Waals surface area contributed by atoms with E-state index in [4.69, 9.17) is 4.98 Å². The summed E-state index contributed by atoms with van der Waals surface area (Å²) in [4.78, 5) is 17.2. The average Bonchev–Trinajstić information content (AvgIpc) is 3.07. The molecule has 0 spiro atoms. The molecule has 2 fully saturated rings. The predicted octanol–water partition coefficient (Wildman–Crippen LogP) is 2.79. The fraction of sp³-hybridized carbons (Fsp3) is 0.778. The lowest BCUT2D eigenvalue weighted by molar-refractivity contribution is -0.120. The van der Waals surface area contributed by atoms with E-state index in [1.807, 2.05) is 13.8 Å². The van der Waals surface area contributed by atoms with E-state index in [-0.39, 0.29) is 28.7 Å². The van der Waals surface area contributed by atoms with E-state index in [2.05, 4.69) is 16.8 Å². The number of rotatable bonds is 5. The lowest BCUT2D eigenvalue weighted by atomic mass is 9.95. The Morgan fingerprint density at radius 1 is 1.23 bits per heavy atom. The molecule has 1 amide bonds. The summed E-state index contributed by atoms with van der Waals surface area (Å²) in [6, 6.07) is 0.222. The van der Waals surface area contributed by atoms with Crippen LogP contribution in [0.5, 0.6) is 0 Å². The first kappa shape index (κ1) is 19.7. The van der Waals surface area contributed by atoms with Gasteiger partial charge in [-0.15, -0.1) is 0 Å². The Morgan fingerprint density at radius 3 is 2.54 bits per heavy atom. The molecule has 1 aliphatic heterocycles. The van der Waals surface area contributed by atoms with Crippen LogP contribution in [0.1, 0.15) is 62.9 Å². The van der Waals surface area contributed by atoms with Gasteiger partial charge in [-0.2, -0.15) is 0 Å². The molecule has 146 valence electrons. The first-order valence-electron chi connectivity index (χ1n) is 9.49. The number of carbonyl (C=O) groups excluding carboxylic acids is 1. The molecule has 2 atom stereocenters. The Labute approximate surface area is 160 Å². The summed E-state index contributed by atoms with van der Waals surface area (Å²) in [6.45, 7) is 6.00. The van der Waals surface area contributed by atoms with Gasteiger partial charge in [0.15, 0.2) is 15.0 Å². The number of imidazole rings is 1. The summed E-state index contributed by atoms with van der Waals surface area (Å²) in [6.07, 6.45) is 6.65. The van der Waals surface area contributed by atoms with Crippen molar-refractivity contribution < 1.29 is 13.2 Å². The monoisotopic (exact) mass is 399 g/mol. The zero-order valence-corrected chi connectivity index (χ0v) is 17.5. The Balaban J connectivity index is 1.68. The van der Waals surface area contributed by atoms with E-state index in [9.17, 15) is 13.2 Å². The van der Waals surface area contributed by atoms with Gasteiger partial charge in [-0.25, -0.2) is 13.4 Å². The Hall–Kier alpha value is -1.02. The van der Waals surface area contributed by atoms with Crippen molar-refractivity contribution in [1.82, 2.24) is 14.9 Å². The molecule has 1 aromatic heterocycles. The highest BCUT2D eigenvalue weighted by Gasteiger charge is 2.31. The Kier molecular flexibility index (Phi) is 6.01. The molecule has 1 N–H and O–H groups in total. The number of sulfone groups is 1. The number of amides is 1. The highest BCUT2D eigenvalue weighted by molar-refractivity contribution is 8.00. The van der Waals surface area contributed by atoms with Gasteiger partial charge in [0.25, 0.3) is 0 Å². The average molecular weight is 400 g/mol. The van der Waals surface area contributed by atoms with Gasteiger partial charge < -0.3 is 9.88 Å². The molecule has 0 radical (unpaired) electrons. The fourth-order valence-corrected chi connectivity index (χ4v) is 6.64. The van der Waals surface area contributed by atoms with E-state index >= 15 is 0 Å². The van der Waals surface area contributed by atoms with Crippen LogP contribution in [0.15, 0.2) is 5.16 Å². The summed E-state index contributed by atoms with van der Waals surface area (Å²) in [5.41, 5.74) is 2.21. The molecule has 6 nitrogen and oxygen atoms in total. The maximum Gasteiger partial charge on any atom is 0.233 e. The third-order valence-electron chi connectivity index (χ3n) is 5.52. The van der Waals surface area contributed by atoms with E-state index < -0.39 is 9.84 Å². The van der Waals surface area contributed by atoms with Crippen molar-refractivity contribution >= 4 is 27.5 Å². The number of nitrogens with one attached hydrogen (secondary N) is 1. The largest absolute Gasteiger partial charge is 0.351 e. The topological polar surface area (TPSA) is 81.1 Å². The van der Waals surface area contributed by atoms with Gasteiger partial charge in [0.1, 0.15) is 0 Å². The smallest absolute Gasteiger partial charge is 0.233 e. The summed E-state index contributed by atoms with van der Waals surface area (Å²) >= 11 is 1.48. The van der Waals surface area contributed by atoms with Gasteiger partial charge in [-0.3, -0.25) is 4.79 Å². The number of aromatic nitrogens is 2. The molecule has 2 aliphatic rings. The first-order valence-corrected chi connectivity index (χ1v) is 12.2. The van der Waals surface area contributed by atoms with Crippen LogP contribution in [0.4, 0.5) is 0 Å². The minimum atomic E-state index is -2.99. The number of carbonyl (C=O) groups is 1. The molecule has 0 aromatic carbocycles. The van der Waals surface area contributed by atoms with Gasteiger partial charge in [0, 0.05) is 17.8 Å². The van der Waals surface area contributed by atoms with Crippen molar-refractivity contribution in [3.8, 4) is 0 Å². The lowest BCUT2D eigenvalue weighted by Crippen LogP contribution is -2.40. The Bertz CT molecular complexity index is 767. The van der Waals surface area contributed by atoms with Gasteiger partial charge in [-0.05, 0) is 40.0 Å². The minimum absolute atomic E-state index is 0.0606. The normalized spacial score (nSPS) is 24.5. The fourth-order valence-electron chi connectivity index (χ4n) is 3.89. The molecular weight excluding hydrogens is 370 g/mol. The molecule has 1 saturated heterocycles. The second-order valence-corrected chi connectivity index (χ2v) is 11.1. The Morgan fingerprint density at radius 2 is 1.92 bits per heavy atom. The summed E-state index contributed by atoms with van der Waals surface area (Å²) < 4.78 is 25.5. The number of hydrogen-bond donors (Lipinski definition) is 1. The van der Waals surface area contributed by atoms with Crippen LogP contribution in [-0.2, 0) is 14.6 Å². The molecule has 26 heavy (non-hydrogen) atoms. The summed E-state index contributed by atoms with van der Waals surface area (Å²) in [7, 11) is -2.99. The molecule has 2 unspecified atom stereocenters. The standard InChI is InChI=1S/C18H29N3O3S2/c1-12-13(2)21(16-7-5-4-6-8-16)18(19-12)25-14(3)17(22)20-15-9-10-26(23,24)11-15/h14-16H,4-11H2,1-3H3,(H,20,22). The van der Waals surface area contributed by atoms with E-state index in [0.29, 0.717) is 12.5 Å². The van der Waals surface area contributed by atoms with E-state index in [1.54, 1.807) is 0 Å². The van der Waals surface area contributed by atoms with Crippen LogP contribution in [0.2, 0.25) is 0 Å². The third kappa shape index (κ3) is 4.44. The maximum atomic E-state index is 12.5. The highest BCUT2D eigenvalue weighted by Crippen LogP contribution is 2.35. The molecule has 8 heteroatoms. The predicted molar refractivity (Wildman–Crippen MR) is 104 cm³/mol. The third-order valence-corrected chi connectivity index (χ3v) is 8.36. The van der Waals surface area contributed by atoms with Crippen LogP contribution in [-0.4, -0.2) is 46.7 Å². The van der Waals surface area contributed by atoms with Crippen LogP contribution < -0.4 is 5.32 Å². The van der Waals surface area contributed by atoms with Crippen molar-refractivity contribution in [2.24, 2.45) is 0 Å². The molecule has 0 bridgehead atoms. The SMILES string of the molecule is Cc1nc(SC(C)C(=O)NC2CCS(=O)(=O)C2)n(C2CCCCC2)c1C. The second-order valence-electron chi connectivity index (χ2n) is 7.60. The van der Waals surface area contributed by atoms with Gasteiger partial charge in [0.05, 0.1) is 22.4 Å². The molecule has 1 aliphatic carbocycles. The summed E-state index contributed by atoms with van der Waals surface area (Å²) in [5, 5.41) is 3.51. The number of nitrogens with zero attached hydrogens (tertiary/aromatic N) is 2. The van der Waals surface area contributed by atoms with Gasteiger partial charge in [-0.1, -0.05) is 31.0 Å². The quantitative estimate of drug-likeness (QED) is 0.770. The molecule has 1 aromatic rings. The van der Waals surface area contributed by atoms with Crippen molar-refractivity contribution in [2.75, 3.05) is 11.5 Å². The first-order chi connectivity index (χ1) is 12.3. The van der Waals surface area contributed by atoms with Gasteiger partial charge in [0.2, 0.25) is 5.91 Å². The zero-order valence-electron chi connectivity index (χ0n) is 15.8. The van der Waals surface area contributed by atoms with Crippen molar-refractivity contribution in [3.63, 3.8) is 0 Å². The van der Waals surface area contributed by atoms with Crippen molar-refractivity contribution in [3.05, 3.63) is 11.4 Å². The highest BCUT2D eigenvalue weighted by atomic mass is 32.2. The van der Waals surface area contributed by atoms with Crippen LogP contribution in [0.25, 0.3) is 0 Å². The maximum absolute atomic E-state index is 12.5. The van der Waals surface area contributed by atoms with Crippen molar-refractivity contribution in [2.45, 2.75) is 81.8 Å².